The summed E-state index contributed by atoms with van der Waals surface area (Å²) in [5, 5.41) is 7.41. The number of thiophene rings is 1. The molecule has 8 nitrogen and oxygen atoms in total. The van der Waals surface area contributed by atoms with Crippen LogP contribution in [0, 0.1) is 5.82 Å². The molecule has 2 aliphatic rings. The Balaban J connectivity index is 1.45. The Bertz CT molecular complexity index is 947. The third-order valence-electron chi connectivity index (χ3n) is 5.59. The van der Waals surface area contributed by atoms with E-state index in [-0.39, 0.29) is 37.6 Å². The zero-order chi connectivity index (χ0) is 22.5. The Kier molecular flexibility index (Phi) is 7.01. The normalized spacial score (nSPS) is 20.8. The molecule has 32 heavy (non-hydrogen) atoms. The van der Waals surface area contributed by atoms with Crippen molar-refractivity contribution in [2.45, 2.75) is 25.0 Å². The van der Waals surface area contributed by atoms with Crippen molar-refractivity contribution in [3.8, 4) is 0 Å². The highest BCUT2D eigenvalue weighted by Crippen LogP contribution is 2.19. The van der Waals surface area contributed by atoms with Crippen LogP contribution in [0.1, 0.15) is 22.5 Å². The van der Waals surface area contributed by atoms with Crippen LogP contribution in [-0.2, 0) is 9.53 Å². The summed E-state index contributed by atoms with van der Waals surface area (Å²) in [6.45, 7) is 1.62. The van der Waals surface area contributed by atoms with Crippen LogP contribution in [-0.4, -0.2) is 72.6 Å². The summed E-state index contributed by atoms with van der Waals surface area (Å²) in [5.74, 6) is -0.938. The lowest BCUT2D eigenvalue weighted by atomic mass is 10.1. The van der Waals surface area contributed by atoms with E-state index in [4.69, 9.17) is 4.74 Å². The molecule has 0 saturated carbocycles. The Labute approximate surface area is 189 Å². The Morgan fingerprint density at radius 3 is 2.66 bits per heavy atom. The van der Waals surface area contributed by atoms with Gasteiger partial charge < -0.3 is 25.2 Å². The second kappa shape index (κ2) is 10.1. The van der Waals surface area contributed by atoms with Crippen LogP contribution in [0.5, 0.6) is 0 Å². The molecule has 2 atom stereocenters. The number of nitrogens with one attached hydrogen (secondary N) is 2. The highest BCUT2D eigenvalue weighted by Gasteiger charge is 2.38. The first kappa shape index (κ1) is 22.2. The van der Waals surface area contributed by atoms with Crippen LogP contribution < -0.4 is 10.6 Å². The summed E-state index contributed by atoms with van der Waals surface area (Å²) in [6, 6.07) is 7.74. The van der Waals surface area contributed by atoms with Crippen molar-refractivity contribution in [2.24, 2.45) is 0 Å². The maximum Gasteiger partial charge on any atom is 0.321 e. The fraction of sp³-hybridized carbons (Fsp3) is 0.409. The van der Waals surface area contributed by atoms with E-state index >= 15 is 0 Å². The first-order chi connectivity index (χ1) is 15.5. The molecule has 0 aliphatic carbocycles. The molecular formula is C22H25FN4O4S. The molecule has 10 heteroatoms. The summed E-state index contributed by atoms with van der Waals surface area (Å²) in [7, 11) is 0. The number of anilines is 1. The van der Waals surface area contributed by atoms with Gasteiger partial charge in [0.25, 0.3) is 5.91 Å². The van der Waals surface area contributed by atoms with E-state index in [1.807, 2.05) is 5.38 Å². The third kappa shape index (κ3) is 5.25. The summed E-state index contributed by atoms with van der Waals surface area (Å²) in [6.07, 6.45) is 1.82. The predicted molar refractivity (Wildman–Crippen MR) is 118 cm³/mol. The molecule has 0 bridgehead atoms. The standard InChI is InChI=1S/C22H25FN4O4S/c23-15-5-7-16(8-6-15)25-22(30)26-9-10-27(21(29)19-4-2-12-32-19)18(14-26)20(28)24-13-17-3-1-11-31-17/h2,4-8,12,17-18H,1,3,9-11,13-14H2,(H,24,28)(H,25,30). The van der Waals surface area contributed by atoms with Crippen molar-refractivity contribution >= 4 is 34.9 Å². The number of hydrogen-bond donors (Lipinski definition) is 2. The number of rotatable bonds is 5. The van der Waals surface area contributed by atoms with Gasteiger partial charge in [-0.05, 0) is 48.6 Å². The number of piperazine rings is 1. The van der Waals surface area contributed by atoms with Gasteiger partial charge in [-0.3, -0.25) is 9.59 Å². The van der Waals surface area contributed by atoms with E-state index in [2.05, 4.69) is 10.6 Å². The fourth-order valence-corrected chi connectivity index (χ4v) is 4.53. The molecule has 2 unspecified atom stereocenters. The molecule has 0 radical (unpaired) electrons. The quantitative estimate of drug-likeness (QED) is 0.718. The van der Waals surface area contributed by atoms with Gasteiger partial charge in [0.2, 0.25) is 5.91 Å². The summed E-state index contributed by atoms with van der Waals surface area (Å²) in [5.41, 5.74) is 0.452. The molecule has 4 rings (SSSR count). The Morgan fingerprint density at radius 1 is 1.16 bits per heavy atom. The molecule has 2 N–H and O–H groups in total. The van der Waals surface area contributed by atoms with Gasteiger partial charge in [0.1, 0.15) is 11.9 Å². The number of carbonyl (C=O) groups excluding carboxylic acids is 3. The lowest BCUT2D eigenvalue weighted by molar-refractivity contribution is -0.127. The zero-order valence-corrected chi connectivity index (χ0v) is 18.3. The maximum atomic E-state index is 13.1. The minimum absolute atomic E-state index is 0.0261. The van der Waals surface area contributed by atoms with Crippen molar-refractivity contribution in [3.05, 3.63) is 52.5 Å². The minimum atomic E-state index is -0.821. The molecule has 2 saturated heterocycles. The average molecular weight is 461 g/mol. The van der Waals surface area contributed by atoms with E-state index in [0.29, 0.717) is 23.7 Å². The lowest BCUT2D eigenvalue weighted by Crippen LogP contribution is -2.62. The van der Waals surface area contributed by atoms with E-state index in [0.717, 1.165) is 12.8 Å². The maximum absolute atomic E-state index is 13.1. The molecule has 1 aromatic carbocycles. The van der Waals surface area contributed by atoms with E-state index in [1.54, 1.807) is 12.1 Å². The molecule has 4 amide bonds. The lowest BCUT2D eigenvalue weighted by Gasteiger charge is -2.40. The third-order valence-corrected chi connectivity index (χ3v) is 6.44. The topological polar surface area (TPSA) is 91.0 Å². The molecule has 2 fully saturated rings. The molecule has 170 valence electrons. The van der Waals surface area contributed by atoms with Crippen LogP contribution in [0.4, 0.5) is 14.9 Å². The van der Waals surface area contributed by atoms with Gasteiger partial charge in [0, 0.05) is 31.9 Å². The number of carbonyl (C=O) groups is 3. The number of halogens is 1. The minimum Gasteiger partial charge on any atom is -0.376 e. The van der Waals surface area contributed by atoms with Gasteiger partial charge in [-0.25, -0.2) is 9.18 Å². The molecule has 2 aliphatic heterocycles. The van der Waals surface area contributed by atoms with Crippen molar-refractivity contribution < 1.29 is 23.5 Å². The first-order valence-corrected chi connectivity index (χ1v) is 11.4. The SMILES string of the molecule is O=C(NCC1CCCO1)C1CN(C(=O)Nc2ccc(F)cc2)CCN1C(=O)c1cccs1. The highest BCUT2D eigenvalue weighted by molar-refractivity contribution is 7.12. The van der Waals surface area contributed by atoms with E-state index in [9.17, 15) is 18.8 Å². The van der Waals surface area contributed by atoms with Gasteiger partial charge in [-0.2, -0.15) is 0 Å². The van der Waals surface area contributed by atoms with E-state index in [1.165, 1.54) is 45.4 Å². The number of benzene rings is 1. The smallest absolute Gasteiger partial charge is 0.321 e. The monoisotopic (exact) mass is 460 g/mol. The number of hydrogen-bond acceptors (Lipinski definition) is 5. The van der Waals surface area contributed by atoms with Crippen LogP contribution in [0.25, 0.3) is 0 Å². The van der Waals surface area contributed by atoms with Crippen molar-refractivity contribution in [1.82, 2.24) is 15.1 Å². The number of ether oxygens (including phenoxy) is 1. The number of nitrogens with zero attached hydrogens (tertiary/aromatic N) is 2. The van der Waals surface area contributed by atoms with Crippen LogP contribution in [0.15, 0.2) is 41.8 Å². The highest BCUT2D eigenvalue weighted by atomic mass is 32.1. The fourth-order valence-electron chi connectivity index (χ4n) is 3.85. The van der Waals surface area contributed by atoms with Gasteiger partial charge in [-0.1, -0.05) is 6.07 Å². The van der Waals surface area contributed by atoms with Gasteiger partial charge in [0.05, 0.1) is 17.5 Å². The predicted octanol–water partition coefficient (Wildman–Crippen LogP) is 2.54. The summed E-state index contributed by atoms with van der Waals surface area (Å²) >= 11 is 1.32. The van der Waals surface area contributed by atoms with Crippen LogP contribution in [0.2, 0.25) is 0 Å². The van der Waals surface area contributed by atoms with Gasteiger partial charge >= 0.3 is 6.03 Å². The number of urea groups is 1. The molecular weight excluding hydrogens is 435 g/mol. The van der Waals surface area contributed by atoms with E-state index < -0.39 is 17.9 Å². The molecule has 2 aromatic rings. The van der Waals surface area contributed by atoms with Crippen LogP contribution >= 0.6 is 11.3 Å². The first-order valence-electron chi connectivity index (χ1n) is 10.6. The molecule has 3 heterocycles. The second-order valence-corrected chi connectivity index (χ2v) is 8.70. The van der Waals surface area contributed by atoms with Crippen LogP contribution in [0.3, 0.4) is 0 Å². The Hall–Kier alpha value is -2.98. The van der Waals surface area contributed by atoms with Gasteiger partial charge in [-0.15, -0.1) is 11.3 Å². The van der Waals surface area contributed by atoms with Crippen molar-refractivity contribution in [2.75, 3.05) is 38.1 Å². The Morgan fingerprint density at radius 2 is 1.97 bits per heavy atom. The average Bonchev–Trinajstić information content (AvgIpc) is 3.52. The summed E-state index contributed by atoms with van der Waals surface area (Å²) in [4.78, 5) is 42.4. The zero-order valence-electron chi connectivity index (χ0n) is 17.5. The van der Waals surface area contributed by atoms with Crippen molar-refractivity contribution in [3.63, 3.8) is 0 Å². The molecule has 0 spiro atoms. The molecule has 1 aromatic heterocycles. The second-order valence-electron chi connectivity index (χ2n) is 7.75. The summed E-state index contributed by atoms with van der Waals surface area (Å²) < 4.78 is 18.7. The van der Waals surface area contributed by atoms with Gasteiger partial charge in [0.15, 0.2) is 0 Å². The largest absolute Gasteiger partial charge is 0.376 e. The van der Waals surface area contributed by atoms with Crippen molar-refractivity contribution in [1.29, 1.82) is 0 Å². The number of amides is 4.